The Labute approximate surface area is 141 Å². The number of aromatic nitrogens is 2. The van der Waals surface area contributed by atoms with Crippen molar-refractivity contribution in [3.8, 4) is 0 Å². The molecular formula is C17H21ClN4O. The average molecular weight is 333 g/mol. The van der Waals surface area contributed by atoms with Gasteiger partial charge < -0.3 is 15.8 Å². The number of hydrogen-bond donors (Lipinski definition) is 2. The number of benzene rings is 1. The van der Waals surface area contributed by atoms with Crippen LogP contribution in [0.4, 0.5) is 11.6 Å². The van der Waals surface area contributed by atoms with E-state index in [9.17, 15) is 0 Å². The molecule has 0 spiro atoms. The Hall–Kier alpha value is -1.85. The van der Waals surface area contributed by atoms with E-state index in [-0.39, 0.29) is 5.41 Å². The number of halogens is 1. The lowest BCUT2D eigenvalue weighted by Gasteiger charge is -2.39. The van der Waals surface area contributed by atoms with E-state index < -0.39 is 0 Å². The molecule has 3 N–H and O–H groups in total. The number of aryl methyl sites for hydroxylation is 1. The summed E-state index contributed by atoms with van der Waals surface area (Å²) >= 11 is 6.20. The maximum atomic E-state index is 6.20. The maximum absolute atomic E-state index is 6.20. The Bertz CT molecular complexity index is 686. The van der Waals surface area contributed by atoms with Gasteiger partial charge in [0.1, 0.15) is 23.0 Å². The normalized spacial score (nSPS) is 17.0. The molecule has 1 aliphatic heterocycles. The number of nitrogens with one attached hydrogen (secondary N) is 1. The second-order valence-corrected chi connectivity index (χ2v) is 6.36. The fraction of sp³-hybridized carbons (Fsp3) is 0.412. The molecule has 1 aliphatic rings. The van der Waals surface area contributed by atoms with Crippen molar-refractivity contribution in [1.82, 2.24) is 9.97 Å². The van der Waals surface area contributed by atoms with E-state index in [1.807, 2.05) is 0 Å². The van der Waals surface area contributed by atoms with Gasteiger partial charge in [0.05, 0.1) is 0 Å². The second kappa shape index (κ2) is 6.72. The number of nitrogen functional groups attached to an aromatic ring is 1. The predicted octanol–water partition coefficient (Wildman–Crippen LogP) is 3.18. The third-order valence-corrected chi connectivity index (χ3v) is 4.95. The smallest absolute Gasteiger partial charge is 0.150 e. The quantitative estimate of drug-likeness (QED) is 0.899. The molecule has 0 radical (unpaired) electrons. The first-order valence-electron chi connectivity index (χ1n) is 7.76. The van der Waals surface area contributed by atoms with Crippen molar-refractivity contribution in [3.63, 3.8) is 0 Å². The topological polar surface area (TPSA) is 73.1 Å². The summed E-state index contributed by atoms with van der Waals surface area (Å²) in [4.78, 5) is 8.10. The first-order valence-corrected chi connectivity index (χ1v) is 8.14. The molecule has 5 nitrogen and oxygen atoms in total. The molecule has 0 bridgehead atoms. The monoisotopic (exact) mass is 332 g/mol. The molecular weight excluding hydrogens is 312 g/mol. The van der Waals surface area contributed by atoms with Crippen molar-refractivity contribution < 1.29 is 4.74 Å². The third kappa shape index (κ3) is 3.26. The largest absolute Gasteiger partial charge is 0.382 e. The van der Waals surface area contributed by atoms with Gasteiger partial charge in [0.25, 0.3) is 0 Å². The van der Waals surface area contributed by atoms with Crippen LogP contribution >= 0.6 is 11.6 Å². The molecule has 1 aromatic heterocycles. The lowest BCUT2D eigenvalue weighted by Crippen LogP contribution is -2.40. The molecule has 0 aliphatic carbocycles. The summed E-state index contributed by atoms with van der Waals surface area (Å²) in [6, 6.07) is 8.52. The van der Waals surface area contributed by atoms with Crippen LogP contribution in [0.1, 0.15) is 24.0 Å². The summed E-state index contributed by atoms with van der Waals surface area (Å²) < 4.78 is 5.58. The van der Waals surface area contributed by atoms with Gasteiger partial charge >= 0.3 is 0 Å². The van der Waals surface area contributed by atoms with Crippen LogP contribution in [0.2, 0.25) is 5.02 Å². The zero-order chi connectivity index (χ0) is 16.3. The van der Waals surface area contributed by atoms with Crippen molar-refractivity contribution in [2.45, 2.75) is 25.2 Å². The van der Waals surface area contributed by atoms with Gasteiger partial charge in [0, 0.05) is 25.2 Å². The molecule has 1 aromatic carbocycles. The van der Waals surface area contributed by atoms with Gasteiger partial charge in [-0.3, -0.25) is 0 Å². The lowest BCUT2D eigenvalue weighted by atomic mass is 9.72. The zero-order valence-electron chi connectivity index (χ0n) is 13.2. The van der Waals surface area contributed by atoms with Gasteiger partial charge in [0.15, 0.2) is 0 Å². The second-order valence-electron chi connectivity index (χ2n) is 5.98. The van der Waals surface area contributed by atoms with Gasteiger partial charge in [0.2, 0.25) is 0 Å². The number of anilines is 2. The predicted molar refractivity (Wildman–Crippen MR) is 92.9 cm³/mol. The molecule has 122 valence electrons. The highest BCUT2D eigenvalue weighted by Crippen LogP contribution is 2.37. The molecule has 0 atom stereocenters. The summed E-state index contributed by atoms with van der Waals surface area (Å²) in [5.74, 6) is 0.875. The van der Waals surface area contributed by atoms with Crippen LogP contribution in [0.25, 0.3) is 0 Å². The summed E-state index contributed by atoms with van der Waals surface area (Å²) in [7, 11) is 0. The van der Waals surface area contributed by atoms with Crippen LogP contribution in [0, 0.1) is 6.92 Å². The van der Waals surface area contributed by atoms with Crippen LogP contribution in [0.15, 0.2) is 30.6 Å². The molecule has 6 heteroatoms. The molecule has 2 heterocycles. The summed E-state index contributed by atoms with van der Waals surface area (Å²) in [5.41, 5.74) is 8.41. The molecule has 23 heavy (non-hydrogen) atoms. The minimum absolute atomic E-state index is 0.00658. The number of ether oxygens (including phenoxy) is 1. The molecule has 1 saturated heterocycles. The fourth-order valence-corrected chi connectivity index (χ4v) is 3.40. The number of hydrogen-bond acceptors (Lipinski definition) is 5. The van der Waals surface area contributed by atoms with E-state index in [0.717, 1.165) is 32.6 Å². The van der Waals surface area contributed by atoms with Crippen molar-refractivity contribution in [2.75, 3.05) is 30.8 Å². The first kappa shape index (κ1) is 16.0. The molecule has 0 amide bonds. The van der Waals surface area contributed by atoms with E-state index >= 15 is 0 Å². The van der Waals surface area contributed by atoms with E-state index in [1.165, 1.54) is 17.5 Å². The summed E-state index contributed by atoms with van der Waals surface area (Å²) in [6.45, 7) is 4.41. The minimum Gasteiger partial charge on any atom is -0.382 e. The molecule has 1 fully saturated rings. The van der Waals surface area contributed by atoms with E-state index in [0.29, 0.717) is 16.7 Å². The Kier molecular flexibility index (Phi) is 4.68. The van der Waals surface area contributed by atoms with Gasteiger partial charge in [-0.05, 0) is 30.9 Å². The summed E-state index contributed by atoms with van der Waals surface area (Å²) in [6.07, 6.45) is 3.35. The van der Waals surface area contributed by atoms with Crippen molar-refractivity contribution in [3.05, 3.63) is 46.7 Å². The van der Waals surface area contributed by atoms with Crippen LogP contribution in [-0.4, -0.2) is 29.7 Å². The highest BCUT2D eigenvalue weighted by molar-refractivity contribution is 6.35. The van der Waals surface area contributed by atoms with E-state index in [2.05, 4.69) is 46.5 Å². The van der Waals surface area contributed by atoms with Gasteiger partial charge in [-0.25, -0.2) is 9.97 Å². The highest BCUT2D eigenvalue weighted by atomic mass is 35.5. The molecule has 3 rings (SSSR count). The Morgan fingerprint density at radius 2 is 2.00 bits per heavy atom. The van der Waals surface area contributed by atoms with Gasteiger partial charge in [-0.1, -0.05) is 35.9 Å². The standard InChI is InChI=1S/C17H21ClN4O/c1-12-4-2-3-5-13(12)17(6-8-23-9-7-17)10-20-16-14(18)15(19)21-11-22-16/h2-5,11H,6-10H2,1H3,(H3,19,20,21,22). The van der Waals surface area contributed by atoms with E-state index in [1.54, 1.807) is 0 Å². The van der Waals surface area contributed by atoms with E-state index in [4.69, 9.17) is 22.1 Å². The summed E-state index contributed by atoms with van der Waals surface area (Å²) in [5, 5.41) is 3.75. The fourth-order valence-electron chi connectivity index (χ4n) is 3.23. The Balaban J connectivity index is 1.88. The molecule has 2 aromatic rings. The number of rotatable bonds is 4. The zero-order valence-corrected chi connectivity index (χ0v) is 13.9. The maximum Gasteiger partial charge on any atom is 0.150 e. The Morgan fingerprint density at radius 1 is 1.26 bits per heavy atom. The molecule has 0 unspecified atom stereocenters. The SMILES string of the molecule is Cc1ccccc1C1(CNc2ncnc(N)c2Cl)CCOCC1. The van der Waals surface area contributed by atoms with Crippen LogP contribution in [0.3, 0.4) is 0 Å². The average Bonchev–Trinajstić information content (AvgIpc) is 2.57. The number of nitrogens with zero attached hydrogens (tertiary/aromatic N) is 2. The minimum atomic E-state index is 0.00658. The first-order chi connectivity index (χ1) is 11.1. The highest BCUT2D eigenvalue weighted by Gasteiger charge is 2.35. The third-order valence-electron chi connectivity index (χ3n) is 4.58. The van der Waals surface area contributed by atoms with Crippen LogP contribution in [-0.2, 0) is 10.2 Å². The van der Waals surface area contributed by atoms with Gasteiger partial charge in [-0.15, -0.1) is 0 Å². The number of nitrogens with two attached hydrogens (primary N) is 1. The van der Waals surface area contributed by atoms with Crippen molar-refractivity contribution in [2.24, 2.45) is 0 Å². The Morgan fingerprint density at radius 3 is 2.74 bits per heavy atom. The molecule has 0 saturated carbocycles. The van der Waals surface area contributed by atoms with Gasteiger partial charge in [-0.2, -0.15) is 0 Å². The van der Waals surface area contributed by atoms with Crippen LogP contribution in [0.5, 0.6) is 0 Å². The van der Waals surface area contributed by atoms with Crippen LogP contribution < -0.4 is 11.1 Å². The lowest BCUT2D eigenvalue weighted by molar-refractivity contribution is 0.0541. The van der Waals surface area contributed by atoms with Crippen molar-refractivity contribution >= 4 is 23.2 Å². The van der Waals surface area contributed by atoms with Crippen molar-refractivity contribution in [1.29, 1.82) is 0 Å².